The first kappa shape index (κ1) is 17.7. The van der Waals surface area contributed by atoms with Gasteiger partial charge in [0.05, 0.1) is 14.2 Å². The molecule has 2 aliphatic heterocycles. The molecule has 4 rings (SSSR count). The van der Waals surface area contributed by atoms with Crippen molar-refractivity contribution in [3.05, 3.63) is 23.8 Å². The van der Waals surface area contributed by atoms with Gasteiger partial charge < -0.3 is 14.4 Å². The number of hydrogen-bond donors (Lipinski definition) is 0. The maximum atomic E-state index is 12.3. The van der Waals surface area contributed by atoms with Crippen LogP contribution < -0.4 is 9.47 Å². The number of rotatable bonds is 5. The van der Waals surface area contributed by atoms with Gasteiger partial charge in [-0.1, -0.05) is 6.07 Å². The largest absolute Gasteiger partial charge is 0.493 e. The Bertz CT molecular complexity index is 673. The van der Waals surface area contributed by atoms with Gasteiger partial charge in [0.25, 0.3) is 0 Å². The molecule has 2 heterocycles. The Labute approximate surface area is 156 Å². The summed E-state index contributed by atoms with van der Waals surface area (Å²) in [4.78, 5) is 17.1. The highest BCUT2D eigenvalue weighted by molar-refractivity contribution is 5.78. The van der Waals surface area contributed by atoms with Crippen LogP contribution in [0.15, 0.2) is 18.2 Å². The van der Waals surface area contributed by atoms with Gasteiger partial charge in [0.15, 0.2) is 11.5 Å². The second-order valence-corrected chi connectivity index (χ2v) is 8.26. The molecular weight excluding hydrogens is 328 g/mol. The topological polar surface area (TPSA) is 42.0 Å². The molecule has 142 valence electrons. The fourth-order valence-electron chi connectivity index (χ4n) is 4.78. The summed E-state index contributed by atoms with van der Waals surface area (Å²) in [5.41, 5.74) is 1.55. The van der Waals surface area contributed by atoms with Crippen LogP contribution in [0.1, 0.15) is 44.1 Å². The smallest absolute Gasteiger partial charge is 0.222 e. The first-order chi connectivity index (χ1) is 12.6. The maximum absolute atomic E-state index is 12.3. The summed E-state index contributed by atoms with van der Waals surface area (Å²) < 4.78 is 10.8. The van der Waals surface area contributed by atoms with Gasteiger partial charge in [0.1, 0.15) is 0 Å². The normalized spacial score (nSPS) is 27.0. The number of likely N-dealkylation sites (tertiary alicyclic amines) is 2. The molecule has 1 aromatic rings. The lowest BCUT2D eigenvalue weighted by atomic mass is 9.73. The van der Waals surface area contributed by atoms with Gasteiger partial charge in [0, 0.05) is 37.5 Å². The van der Waals surface area contributed by atoms with Gasteiger partial charge in [0.2, 0.25) is 5.91 Å². The highest BCUT2D eigenvalue weighted by Crippen LogP contribution is 2.42. The number of ether oxygens (including phenoxy) is 2. The van der Waals surface area contributed by atoms with E-state index in [1.165, 1.54) is 31.2 Å². The molecule has 1 atom stereocenters. The Morgan fingerprint density at radius 2 is 1.92 bits per heavy atom. The Hall–Kier alpha value is -1.75. The van der Waals surface area contributed by atoms with Gasteiger partial charge in [-0.05, 0) is 56.3 Å². The molecule has 0 unspecified atom stereocenters. The van der Waals surface area contributed by atoms with Crippen LogP contribution in [0, 0.1) is 5.41 Å². The van der Waals surface area contributed by atoms with Gasteiger partial charge in [-0.15, -0.1) is 0 Å². The maximum Gasteiger partial charge on any atom is 0.222 e. The summed E-state index contributed by atoms with van der Waals surface area (Å²) in [6.45, 7) is 4.13. The van der Waals surface area contributed by atoms with Gasteiger partial charge in [-0.2, -0.15) is 0 Å². The lowest BCUT2D eigenvalue weighted by Gasteiger charge is -2.48. The minimum atomic E-state index is 0.297. The molecule has 0 aromatic heterocycles. The number of carbonyl (C=O) groups excluding carboxylic acids is 1. The molecule has 2 saturated heterocycles. The minimum absolute atomic E-state index is 0.297. The Morgan fingerprint density at radius 3 is 2.65 bits per heavy atom. The second-order valence-electron chi connectivity index (χ2n) is 8.26. The van der Waals surface area contributed by atoms with Gasteiger partial charge >= 0.3 is 0 Å². The van der Waals surface area contributed by atoms with Crippen molar-refractivity contribution >= 4 is 5.91 Å². The van der Waals surface area contributed by atoms with Crippen molar-refractivity contribution in [2.45, 2.75) is 51.1 Å². The van der Waals surface area contributed by atoms with E-state index in [1.807, 2.05) is 6.07 Å². The Morgan fingerprint density at radius 1 is 1.12 bits per heavy atom. The fraction of sp³-hybridized carbons (Fsp3) is 0.667. The molecule has 0 N–H and O–H groups in total. The first-order valence-corrected chi connectivity index (χ1v) is 9.85. The van der Waals surface area contributed by atoms with Crippen LogP contribution in [-0.4, -0.2) is 55.6 Å². The fourth-order valence-corrected chi connectivity index (χ4v) is 4.78. The molecule has 0 radical (unpaired) electrons. The molecule has 5 nitrogen and oxygen atoms in total. The monoisotopic (exact) mass is 358 g/mol. The molecule has 1 spiro atoms. The molecule has 5 heteroatoms. The zero-order valence-electron chi connectivity index (χ0n) is 16.0. The van der Waals surface area contributed by atoms with Crippen molar-refractivity contribution in [2.75, 3.05) is 33.9 Å². The van der Waals surface area contributed by atoms with Crippen LogP contribution >= 0.6 is 0 Å². The summed E-state index contributed by atoms with van der Waals surface area (Å²) in [5, 5.41) is 0. The number of methoxy groups -OCH3 is 2. The number of piperidine rings is 2. The molecule has 0 bridgehead atoms. The van der Waals surface area contributed by atoms with Crippen LogP contribution in [0.4, 0.5) is 0 Å². The van der Waals surface area contributed by atoms with Gasteiger partial charge in [-0.3, -0.25) is 9.69 Å². The SMILES string of the molecule is COc1ccc(CN2CCC[C@]3(CCC(=O)N(C4CC4)C3)C2)cc1OC. The predicted molar refractivity (Wildman–Crippen MR) is 100 cm³/mol. The van der Waals surface area contributed by atoms with Crippen molar-refractivity contribution in [1.82, 2.24) is 9.80 Å². The zero-order chi connectivity index (χ0) is 18.1. The van der Waals surface area contributed by atoms with Crippen molar-refractivity contribution in [1.29, 1.82) is 0 Å². The second kappa shape index (κ2) is 7.10. The summed E-state index contributed by atoms with van der Waals surface area (Å²) in [7, 11) is 3.35. The van der Waals surface area contributed by atoms with E-state index in [2.05, 4.69) is 21.9 Å². The average molecular weight is 358 g/mol. The standard InChI is InChI=1S/C21H30N2O3/c1-25-18-7-4-16(12-19(18)26-2)13-22-11-3-9-21(14-22)10-8-20(24)23(15-21)17-5-6-17/h4,7,12,17H,3,5-6,8-11,13-15H2,1-2H3/t21-/m0/s1. The zero-order valence-corrected chi connectivity index (χ0v) is 16.0. The van der Waals surface area contributed by atoms with E-state index in [9.17, 15) is 4.79 Å². The van der Waals surface area contributed by atoms with Crippen molar-refractivity contribution in [2.24, 2.45) is 5.41 Å². The summed E-state index contributed by atoms with van der Waals surface area (Å²) in [6, 6.07) is 6.74. The van der Waals surface area contributed by atoms with Crippen LogP contribution in [0.3, 0.4) is 0 Å². The number of benzene rings is 1. The molecule has 3 aliphatic rings. The van der Waals surface area contributed by atoms with Crippen LogP contribution in [0.2, 0.25) is 0 Å². The van der Waals surface area contributed by atoms with E-state index < -0.39 is 0 Å². The highest BCUT2D eigenvalue weighted by Gasteiger charge is 2.45. The van der Waals surface area contributed by atoms with Crippen LogP contribution in [-0.2, 0) is 11.3 Å². The molecule has 26 heavy (non-hydrogen) atoms. The lowest BCUT2D eigenvalue weighted by molar-refractivity contribution is -0.140. The first-order valence-electron chi connectivity index (χ1n) is 9.85. The van der Waals surface area contributed by atoms with E-state index in [0.29, 0.717) is 17.4 Å². The van der Waals surface area contributed by atoms with Crippen molar-refractivity contribution in [3.63, 3.8) is 0 Å². The minimum Gasteiger partial charge on any atom is -0.493 e. The van der Waals surface area contributed by atoms with Gasteiger partial charge in [-0.25, -0.2) is 0 Å². The van der Waals surface area contributed by atoms with E-state index >= 15 is 0 Å². The van der Waals surface area contributed by atoms with E-state index in [0.717, 1.165) is 50.5 Å². The molecule has 1 aromatic carbocycles. The predicted octanol–water partition coefficient (Wildman–Crippen LogP) is 3.07. The average Bonchev–Trinajstić information content (AvgIpc) is 3.49. The van der Waals surface area contributed by atoms with E-state index in [1.54, 1.807) is 14.2 Å². The third-order valence-corrected chi connectivity index (χ3v) is 6.28. The number of amides is 1. The Kier molecular flexibility index (Phi) is 4.82. The van der Waals surface area contributed by atoms with E-state index in [4.69, 9.17) is 9.47 Å². The quantitative estimate of drug-likeness (QED) is 0.811. The van der Waals surface area contributed by atoms with Crippen molar-refractivity contribution in [3.8, 4) is 11.5 Å². The highest BCUT2D eigenvalue weighted by atomic mass is 16.5. The van der Waals surface area contributed by atoms with Crippen LogP contribution in [0.5, 0.6) is 11.5 Å². The summed E-state index contributed by atoms with van der Waals surface area (Å²) in [5.74, 6) is 1.95. The summed E-state index contributed by atoms with van der Waals surface area (Å²) in [6.07, 6.45) is 6.68. The third kappa shape index (κ3) is 3.54. The molecule has 1 saturated carbocycles. The van der Waals surface area contributed by atoms with Crippen LogP contribution in [0.25, 0.3) is 0 Å². The third-order valence-electron chi connectivity index (χ3n) is 6.28. The number of hydrogen-bond acceptors (Lipinski definition) is 4. The lowest BCUT2D eigenvalue weighted by Crippen LogP contribution is -2.54. The summed E-state index contributed by atoms with van der Waals surface area (Å²) >= 11 is 0. The molecule has 3 fully saturated rings. The number of nitrogens with zero attached hydrogens (tertiary/aromatic N) is 2. The molecular formula is C21H30N2O3. The van der Waals surface area contributed by atoms with Crippen molar-refractivity contribution < 1.29 is 14.3 Å². The molecule has 1 amide bonds. The molecule has 1 aliphatic carbocycles. The van der Waals surface area contributed by atoms with E-state index in [-0.39, 0.29) is 0 Å². The Balaban J connectivity index is 1.44. The number of carbonyl (C=O) groups is 1.